The van der Waals surface area contributed by atoms with Gasteiger partial charge in [0.15, 0.2) is 5.58 Å². The quantitative estimate of drug-likeness (QED) is 0.784. The van der Waals surface area contributed by atoms with E-state index in [1.54, 1.807) is 18.3 Å². The Morgan fingerprint density at radius 1 is 1.26 bits per heavy atom. The molecule has 1 aromatic carbocycles. The predicted octanol–water partition coefficient (Wildman–Crippen LogP) is 3.35. The van der Waals surface area contributed by atoms with Crippen molar-refractivity contribution in [3.05, 3.63) is 46.6 Å². The summed E-state index contributed by atoms with van der Waals surface area (Å²) in [6.07, 6.45) is 1.65. The molecule has 3 rings (SSSR count). The van der Waals surface area contributed by atoms with E-state index in [1.807, 2.05) is 6.07 Å². The number of fused-ring (bicyclic) bond motifs is 1. The van der Waals surface area contributed by atoms with Gasteiger partial charge in [0.05, 0.1) is 5.56 Å². The van der Waals surface area contributed by atoms with Crippen LogP contribution < -0.4 is 0 Å². The summed E-state index contributed by atoms with van der Waals surface area (Å²) >= 11 is 3.30. The number of aromatic carboxylic acids is 1. The molecule has 2 aromatic heterocycles. The van der Waals surface area contributed by atoms with E-state index < -0.39 is 5.97 Å². The molecule has 94 valence electrons. The zero-order valence-corrected chi connectivity index (χ0v) is 11.1. The highest BCUT2D eigenvalue weighted by Gasteiger charge is 2.11. The van der Waals surface area contributed by atoms with E-state index in [0.717, 1.165) is 4.47 Å². The third kappa shape index (κ3) is 2.22. The van der Waals surface area contributed by atoms with Gasteiger partial charge in [-0.3, -0.25) is 4.98 Å². The van der Waals surface area contributed by atoms with Crippen molar-refractivity contribution in [3.8, 4) is 11.6 Å². The minimum absolute atomic E-state index is 0.177. The summed E-state index contributed by atoms with van der Waals surface area (Å²) in [4.78, 5) is 19.3. The van der Waals surface area contributed by atoms with E-state index in [2.05, 4.69) is 25.9 Å². The van der Waals surface area contributed by atoms with Crippen molar-refractivity contribution in [2.24, 2.45) is 0 Å². The van der Waals surface area contributed by atoms with Crippen molar-refractivity contribution >= 4 is 33.0 Å². The van der Waals surface area contributed by atoms with Crippen LogP contribution in [0.4, 0.5) is 0 Å². The van der Waals surface area contributed by atoms with Crippen molar-refractivity contribution < 1.29 is 14.3 Å². The number of oxazole rings is 1. The van der Waals surface area contributed by atoms with Gasteiger partial charge in [0.1, 0.15) is 11.2 Å². The summed E-state index contributed by atoms with van der Waals surface area (Å²) in [6, 6.07) is 8.15. The highest BCUT2D eigenvalue weighted by Crippen LogP contribution is 2.24. The van der Waals surface area contributed by atoms with E-state index in [1.165, 1.54) is 12.1 Å². The number of benzene rings is 1. The number of halogens is 1. The average molecular weight is 319 g/mol. The summed E-state index contributed by atoms with van der Waals surface area (Å²) in [5.41, 5.74) is 1.80. The molecule has 0 saturated carbocycles. The second-order valence-corrected chi connectivity index (χ2v) is 4.78. The lowest BCUT2D eigenvalue weighted by molar-refractivity contribution is 0.0697. The molecule has 3 aromatic rings. The molecular weight excluding hydrogens is 312 g/mol. The molecule has 0 aliphatic carbocycles. The Labute approximate surface area is 116 Å². The number of carboxylic acid groups (broad SMARTS) is 1. The van der Waals surface area contributed by atoms with Crippen LogP contribution in [0.15, 0.2) is 45.4 Å². The number of rotatable bonds is 2. The maximum atomic E-state index is 10.9. The van der Waals surface area contributed by atoms with Crippen LogP contribution in [0.25, 0.3) is 22.7 Å². The van der Waals surface area contributed by atoms with Gasteiger partial charge in [0.2, 0.25) is 5.89 Å². The molecule has 0 aliphatic rings. The number of aromatic nitrogens is 2. The molecule has 0 unspecified atom stereocenters. The molecule has 0 amide bonds. The Bertz CT molecular complexity index is 765. The number of pyridine rings is 1. The van der Waals surface area contributed by atoms with Gasteiger partial charge in [0, 0.05) is 10.7 Å². The lowest BCUT2D eigenvalue weighted by Gasteiger charge is -1.93. The molecule has 0 saturated heterocycles. The highest BCUT2D eigenvalue weighted by molar-refractivity contribution is 9.10. The smallest absolute Gasteiger partial charge is 0.335 e. The first-order chi connectivity index (χ1) is 9.13. The van der Waals surface area contributed by atoms with Crippen LogP contribution in [0.5, 0.6) is 0 Å². The van der Waals surface area contributed by atoms with E-state index in [-0.39, 0.29) is 5.56 Å². The molecule has 0 spiro atoms. The van der Waals surface area contributed by atoms with E-state index in [9.17, 15) is 4.79 Å². The van der Waals surface area contributed by atoms with Crippen molar-refractivity contribution in [2.45, 2.75) is 0 Å². The molecule has 6 heteroatoms. The van der Waals surface area contributed by atoms with Crippen LogP contribution in [-0.4, -0.2) is 21.0 Å². The van der Waals surface area contributed by atoms with Crippen molar-refractivity contribution in [1.82, 2.24) is 9.97 Å². The number of carbonyl (C=O) groups is 1. The fourth-order valence-corrected chi connectivity index (χ4v) is 1.91. The maximum absolute atomic E-state index is 10.9. The zero-order chi connectivity index (χ0) is 13.4. The van der Waals surface area contributed by atoms with Gasteiger partial charge < -0.3 is 9.52 Å². The first-order valence-electron chi connectivity index (χ1n) is 5.39. The first kappa shape index (κ1) is 11.9. The Kier molecular flexibility index (Phi) is 2.79. The lowest BCUT2D eigenvalue weighted by Crippen LogP contribution is -1.94. The fourth-order valence-electron chi connectivity index (χ4n) is 1.67. The maximum Gasteiger partial charge on any atom is 0.335 e. The van der Waals surface area contributed by atoms with Gasteiger partial charge in [-0.1, -0.05) is 0 Å². The summed E-state index contributed by atoms with van der Waals surface area (Å²) in [6.45, 7) is 0. The normalized spacial score (nSPS) is 10.8. The van der Waals surface area contributed by atoms with E-state index >= 15 is 0 Å². The van der Waals surface area contributed by atoms with Gasteiger partial charge in [0.25, 0.3) is 0 Å². The zero-order valence-electron chi connectivity index (χ0n) is 9.50. The first-order valence-corrected chi connectivity index (χ1v) is 6.18. The number of nitrogens with zero attached hydrogens (tertiary/aromatic N) is 2. The van der Waals surface area contributed by atoms with Crippen molar-refractivity contribution in [3.63, 3.8) is 0 Å². The number of hydrogen-bond acceptors (Lipinski definition) is 4. The second kappa shape index (κ2) is 4.47. The van der Waals surface area contributed by atoms with Gasteiger partial charge in [-0.05, 0) is 46.3 Å². The van der Waals surface area contributed by atoms with Crippen molar-refractivity contribution in [1.29, 1.82) is 0 Å². The molecule has 19 heavy (non-hydrogen) atoms. The molecule has 2 heterocycles. The SMILES string of the molecule is O=C(O)c1ccc2oc(-c3ccc(Br)cn3)nc2c1. The van der Waals surface area contributed by atoms with E-state index in [0.29, 0.717) is 22.7 Å². The Hall–Kier alpha value is -2.21. The molecule has 5 nitrogen and oxygen atoms in total. The van der Waals surface area contributed by atoms with Gasteiger partial charge >= 0.3 is 5.97 Å². The lowest BCUT2D eigenvalue weighted by atomic mass is 10.2. The molecule has 0 radical (unpaired) electrons. The van der Waals surface area contributed by atoms with Crippen LogP contribution in [0, 0.1) is 0 Å². The number of carboxylic acids is 1. The molecule has 0 aliphatic heterocycles. The molecule has 0 fully saturated rings. The van der Waals surface area contributed by atoms with Crippen LogP contribution in [0.2, 0.25) is 0 Å². The average Bonchev–Trinajstić information content (AvgIpc) is 2.82. The van der Waals surface area contributed by atoms with Crippen LogP contribution in [0.1, 0.15) is 10.4 Å². The largest absolute Gasteiger partial charge is 0.478 e. The van der Waals surface area contributed by atoms with Gasteiger partial charge in [-0.25, -0.2) is 9.78 Å². The molecule has 0 bridgehead atoms. The monoisotopic (exact) mass is 318 g/mol. The summed E-state index contributed by atoms with van der Waals surface area (Å²) < 4.78 is 6.41. The van der Waals surface area contributed by atoms with Crippen molar-refractivity contribution in [2.75, 3.05) is 0 Å². The van der Waals surface area contributed by atoms with Crippen LogP contribution in [-0.2, 0) is 0 Å². The topological polar surface area (TPSA) is 76.2 Å². The van der Waals surface area contributed by atoms with Crippen LogP contribution in [0.3, 0.4) is 0 Å². The summed E-state index contributed by atoms with van der Waals surface area (Å²) in [5, 5.41) is 8.92. The van der Waals surface area contributed by atoms with Crippen LogP contribution >= 0.6 is 15.9 Å². The third-order valence-electron chi connectivity index (χ3n) is 2.58. The molecular formula is C13H7BrN2O3. The fraction of sp³-hybridized carbons (Fsp3) is 0. The minimum atomic E-state index is -0.992. The standard InChI is InChI=1S/C13H7BrN2O3/c14-8-2-3-9(15-6-8)12-16-10-5-7(13(17)18)1-4-11(10)19-12/h1-6H,(H,17,18). The third-order valence-corrected chi connectivity index (χ3v) is 3.05. The molecule has 0 atom stereocenters. The number of hydrogen-bond donors (Lipinski definition) is 1. The minimum Gasteiger partial charge on any atom is -0.478 e. The second-order valence-electron chi connectivity index (χ2n) is 3.87. The highest BCUT2D eigenvalue weighted by atomic mass is 79.9. The summed E-state index contributed by atoms with van der Waals surface area (Å²) in [5.74, 6) is -0.627. The molecule has 1 N–H and O–H groups in total. The van der Waals surface area contributed by atoms with Gasteiger partial charge in [-0.2, -0.15) is 0 Å². The Morgan fingerprint density at radius 3 is 2.79 bits per heavy atom. The van der Waals surface area contributed by atoms with E-state index in [4.69, 9.17) is 9.52 Å². The Morgan fingerprint density at radius 2 is 2.11 bits per heavy atom. The summed E-state index contributed by atoms with van der Waals surface area (Å²) in [7, 11) is 0. The predicted molar refractivity (Wildman–Crippen MR) is 71.9 cm³/mol. The van der Waals surface area contributed by atoms with Gasteiger partial charge in [-0.15, -0.1) is 0 Å². The Balaban J connectivity index is 2.11.